The number of nitrogens with one attached hydrogen (secondary N) is 1. The number of rotatable bonds is 2. The quantitative estimate of drug-likeness (QED) is 0.747. The van der Waals surface area contributed by atoms with E-state index < -0.39 is 0 Å². The lowest BCUT2D eigenvalue weighted by Gasteiger charge is -2.12. The second-order valence-corrected chi connectivity index (χ2v) is 3.16. The molecule has 0 bridgehead atoms. The highest BCUT2D eigenvalue weighted by atomic mass is 19.1. The molecule has 1 atom stereocenters. The van der Waals surface area contributed by atoms with E-state index in [0.29, 0.717) is 5.75 Å². The van der Waals surface area contributed by atoms with E-state index in [9.17, 15) is 4.39 Å². The molecule has 1 aromatic rings. The molecule has 1 N–H and O–H groups in total. The smallest absolute Gasteiger partial charge is 0.165 e. The summed E-state index contributed by atoms with van der Waals surface area (Å²) in [4.78, 5) is 0. The monoisotopic (exact) mass is 181 g/mol. The van der Waals surface area contributed by atoms with Crippen molar-refractivity contribution in [2.24, 2.45) is 0 Å². The van der Waals surface area contributed by atoms with Gasteiger partial charge in [0.1, 0.15) is 6.10 Å². The highest BCUT2D eigenvalue weighted by Gasteiger charge is 2.16. The molecule has 0 unspecified atom stereocenters. The minimum absolute atomic E-state index is 0.122. The van der Waals surface area contributed by atoms with Crippen LogP contribution in [0.1, 0.15) is 6.42 Å². The topological polar surface area (TPSA) is 21.3 Å². The molecule has 1 aliphatic rings. The van der Waals surface area contributed by atoms with Crippen LogP contribution in [0.2, 0.25) is 0 Å². The first kappa shape index (κ1) is 8.51. The first-order valence-corrected chi connectivity index (χ1v) is 4.48. The van der Waals surface area contributed by atoms with Crippen LogP contribution in [0.3, 0.4) is 0 Å². The zero-order valence-electron chi connectivity index (χ0n) is 7.29. The lowest BCUT2D eigenvalue weighted by Crippen LogP contribution is -2.19. The maximum Gasteiger partial charge on any atom is 0.165 e. The van der Waals surface area contributed by atoms with Crippen molar-refractivity contribution in [2.75, 3.05) is 13.1 Å². The van der Waals surface area contributed by atoms with Crippen LogP contribution in [0.25, 0.3) is 0 Å². The number of hydrogen-bond donors (Lipinski definition) is 1. The maximum absolute atomic E-state index is 13.1. The third-order valence-electron chi connectivity index (χ3n) is 2.15. The standard InChI is InChI=1S/C10H12FNO/c11-9-3-1-2-4-10(9)13-8-5-6-12-7-8/h1-4,8,12H,5-7H2/t8-/m1/s1. The van der Waals surface area contributed by atoms with Crippen molar-refractivity contribution in [3.63, 3.8) is 0 Å². The zero-order valence-corrected chi connectivity index (χ0v) is 7.29. The normalized spacial score (nSPS) is 21.8. The number of benzene rings is 1. The first-order chi connectivity index (χ1) is 6.36. The van der Waals surface area contributed by atoms with Crippen molar-refractivity contribution in [1.29, 1.82) is 0 Å². The largest absolute Gasteiger partial charge is 0.486 e. The van der Waals surface area contributed by atoms with E-state index in [1.165, 1.54) is 6.07 Å². The predicted molar refractivity (Wildman–Crippen MR) is 48.3 cm³/mol. The van der Waals surface area contributed by atoms with Crippen LogP contribution >= 0.6 is 0 Å². The Bertz CT molecular complexity index is 284. The van der Waals surface area contributed by atoms with E-state index in [1.54, 1.807) is 18.2 Å². The summed E-state index contributed by atoms with van der Waals surface area (Å²) >= 11 is 0. The lowest BCUT2D eigenvalue weighted by molar-refractivity contribution is 0.213. The summed E-state index contributed by atoms with van der Waals surface area (Å²) < 4.78 is 18.6. The average Bonchev–Trinajstić information content (AvgIpc) is 2.61. The van der Waals surface area contributed by atoms with Crippen molar-refractivity contribution in [3.05, 3.63) is 30.1 Å². The average molecular weight is 181 g/mol. The molecule has 1 aliphatic heterocycles. The fraction of sp³-hybridized carbons (Fsp3) is 0.400. The third kappa shape index (κ3) is 1.98. The molecule has 0 aliphatic carbocycles. The predicted octanol–water partition coefficient (Wildman–Crippen LogP) is 1.57. The van der Waals surface area contributed by atoms with Crippen LogP contribution in [0, 0.1) is 5.82 Å². The van der Waals surface area contributed by atoms with Gasteiger partial charge in [-0.05, 0) is 25.1 Å². The van der Waals surface area contributed by atoms with Crippen LogP contribution in [-0.2, 0) is 0 Å². The van der Waals surface area contributed by atoms with Crippen LogP contribution in [0.5, 0.6) is 5.75 Å². The molecule has 0 spiro atoms. The van der Waals surface area contributed by atoms with E-state index in [1.807, 2.05) is 0 Å². The Morgan fingerprint density at radius 2 is 2.23 bits per heavy atom. The SMILES string of the molecule is Fc1ccccc1O[C@@H]1CCNC1. The van der Waals surface area contributed by atoms with Gasteiger partial charge in [-0.3, -0.25) is 0 Å². The molecule has 3 heteroatoms. The summed E-state index contributed by atoms with van der Waals surface area (Å²) in [6, 6.07) is 6.52. The molecule has 0 amide bonds. The van der Waals surface area contributed by atoms with E-state index in [0.717, 1.165) is 19.5 Å². The molecule has 1 aromatic carbocycles. The van der Waals surface area contributed by atoms with Gasteiger partial charge in [0.2, 0.25) is 0 Å². The van der Waals surface area contributed by atoms with Gasteiger partial charge in [-0.15, -0.1) is 0 Å². The van der Waals surface area contributed by atoms with E-state index in [-0.39, 0.29) is 11.9 Å². The van der Waals surface area contributed by atoms with Gasteiger partial charge in [-0.2, -0.15) is 0 Å². The minimum Gasteiger partial charge on any atom is -0.486 e. The molecule has 1 saturated heterocycles. The van der Waals surface area contributed by atoms with Crippen molar-refractivity contribution < 1.29 is 9.13 Å². The molecule has 13 heavy (non-hydrogen) atoms. The summed E-state index contributed by atoms with van der Waals surface area (Å²) in [5, 5.41) is 3.16. The minimum atomic E-state index is -0.283. The Balaban J connectivity index is 2.04. The van der Waals surface area contributed by atoms with Crippen LogP contribution in [0.4, 0.5) is 4.39 Å². The van der Waals surface area contributed by atoms with Gasteiger partial charge in [0.25, 0.3) is 0 Å². The molecule has 2 nitrogen and oxygen atoms in total. The van der Waals surface area contributed by atoms with E-state index in [4.69, 9.17) is 4.74 Å². The van der Waals surface area contributed by atoms with Crippen molar-refractivity contribution in [2.45, 2.75) is 12.5 Å². The van der Waals surface area contributed by atoms with Gasteiger partial charge in [0, 0.05) is 6.54 Å². The molecule has 1 fully saturated rings. The fourth-order valence-electron chi connectivity index (χ4n) is 1.45. The molecular formula is C10H12FNO. The molecular weight excluding hydrogens is 169 g/mol. The van der Waals surface area contributed by atoms with Crippen LogP contribution in [0.15, 0.2) is 24.3 Å². The summed E-state index contributed by atoms with van der Waals surface area (Å²) in [5.74, 6) is 0.0746. The Kier molecular flexibility index (Phi) is 2.45. The van der Waals surface area contributed by atoms with Crippen LogP contribution in [-0.4, -0.2) is 19.2 Å². The third-order valence-corrected chi connectivity index (χ3v) is 2.15. The van der Waals surface area contributed by atoms with Crippen LogP contribution < -0.4 is 10.1 Å². The second kappa shape index (κ2) is 3.75. The summed E-state index contributed by atoms with van der Waals surface area (Å²) in [6.07, 6.45) is 1.07. The van der Waals surface area contributed by atoms with Gasteiger partial charge in [0.15, 0.2) is 11.6 Å². The van der Waals surface area contributed by atoms with Crippen molar-refractivity contribution >= 4 is 0 Å². The molecule has 0 saturated carbocycles. The van der Waals surface area contributed by atoms with Gasteiger partial charge in [-0.1, -0.05) is 12.1 Å². The lowest BCUT2D eigenvalue weighted by atomic mass is 10.3. The number of para-hydroxylation sites is 1. The first-order valence-electron chi connectivity index (χ1n) is 4.48. The molecule has 70 valence electrons. The molecule has 2 rings (SSSR count). The summed E-state index contributed by atoms with van der Waals surface area (Å²) in [5.41, 5.74) is 0. The summed E-state index contributed by atoms with van der Waals surface area (Å²) in [7, 11) is 0. The number of halogens is 1. The van der Waals surface area contributed by atoms with E-state index in [2.05, 4.69) is 5.32 Å². The Morgan fingerprint density at radius 1 is 1.38 bits per heavy atom. The highest BCUT2D eigenvalue weighted by Crippen LogP contribution is 2.18. The highest BCUT2D eigenvalue weighted by molar-refractivity contribution is 5.24. The van der Waals surface area contributed by atoms with E-state index >= 15 is 0 Å². The Hall–Kier alpha value is -1.09. The van der Waals surface area contributed by atoms with Gasteiger partial charge in [-0.25, -0.2) is 4.39 Å². The molecule has 1 heterocycles. The fourth-order valence-corrected chi connectivity index (χ4v) is 1.45. The van der Waals surface area contributed by atoms with Crippen molar-refractivity contribution in [3.8, 4) is 5.75 Å². The maximum atomic E-state index is 13.1. The van der Waals surface area contributed by atoms with Gasteiger partial charge in [0.05, 0.1) is 0 Å². The molecule has 0 aromatic heterocycles. The Morgan fingerprint density at radius 3 is 2.92 bits per heavy atom. The van der Waals surface area contributed by atoms with Gasteiger partial charge >= 0.3 is 0 Å². The Labute approximate surface area is 76.7 Å². The number of hydrogen-bond acceptors (Lipinski definition) is 2. The zero-order chi connectivity index (χ0) is 9.10. The molecule has 0 radical (unpaired) electrons. The second-order valence-electron chi connectivity index (χ2n) is 3.16. The van der Waals surface area contributed by atoms with Gasteiger partial charge < -0.3 is 10.1 Å². The number of ether oxygens (including phenoxy) is 1. The summed E-state index contributed by atoms with van der Waals surface area (Å²) in [6.45, 7) is 1.77. The van der Waals surface area contributed by atoms with Crippen molar-refractivity contribution in [1.82, 2.24) is 5.32 Å².